The van der Waals surface area contributed by atoms with Crippen LogP contribution in [0.3, 0.4) is 0 Å². The minimum Gasteiger partial charge on any atom is -0.397 e. The zero-order valence-corrected chi connectivity index (χ0v) is 30.4. The number of aliphatic hydroxyl groups excluding tert-OH is 1. The maximum absolute atomic E-state index is 12.6. The van der Waals surface area contributed by atoms with E-state index < -0.39 is 6.29 Å². The van der Waals surface area contributed by atoms with Gasteiger partial charge in [-0.2, -0.15) is 0 Å². The van der Waals surface area contributed by atoms with Crippen LogP contribution >= 0.6 is 0 Å². The van der Waals surface area contributed by atoms with Gasteiger partial charge in [0.05, 0.1) is 30.2 Å². The maximum Gasteiger partial charge on any atom is 0.224 e. The van der Waals surface area contributed by atoms with Crippen molar-refractivity contribution in [2.24, 2.45) is 0 Å². The molecule has 1 aliphatic heterocycles. The fourth-order valence-corrected chi connectivity index (χ4v) is 7.32. The van der Waals surface area contributed by atoms with Crippen LogP contribution in [0.5, 0.6) is 0 Å². The summed E-state index contributed by atoms with van der Waals surface area (Å²) < 4.78 is 13.3. The number of nitrogens with zero attached hydrogens (tertiary/aromatic N) is 1. The number of aliphatic hydroxyl groups is 1. The maximum atomic E-state index is 12.6. The molecule has 0 radical (unpaired) electrons. The normalized spacial score (nSPS) is 18.9. The van der Waals surface area contributed by atoms with Gasteiger partial charge >= 0.3 is 0 Å². The van der Waals surface area contributed by atoms with E-state index in [0.29, 0.717) is 30.4 Å². The topological polar surface area (TPSA) is 126 Å². The van der Waals surface area contributed by atoms with Gasteiger partial charge in [0.25, 0.3) is 0 Å². The number of carbonyl (C=O) groups excluding carboxylic acids is 2. The number of hydrogen-bond donors (Lipinski definition) is 4. The first-order valence-electron chi connectivity index (χ1n) is 18.8. The number of para-hydroxylation sites is 2. The molecule has 6 rings (SSSR count). The molecular formula is C44H52N4O5. The van der Waals surface area contributed by atoms with E-state index in [9.17, 15) is 14.7 Å². The number of nitrogens with two attached hydrogens (primary N) is 1. The average molecular weight is 717 g/mol. The lowest BCUT2D eigenvalue weighted by molar-refractivity contribution is -0.253. The summed E-state index contributed by atoms with van der Waals surface area (Å²) in [6, 6.07) is 32.1. The van der Waals surface area contributed by atoms with Crippen molar-refractivity contribution >= 4 is 23.2 Å². The Bertz CT molecular complexity index is 1810. The van der Waals surface area contributed by atoms with Gasteiger partial charge in [0, 0.05) is 50.5 Å². The molecule has 0 spiro atoms. The highest BCUT2D eigenvalue weighted by molar-refractivity contribution is 5.94. The number of ether oxygens (including phenoxy) is 2. The van der Waals surface area contributed by atoms with Crippen LogP contribution < -0.4 is 16.4 Å². The van der Waals surface area contributed by atoms with Crippen molar-refractivity contribution in [3.8, 4) is 11.1 Å². The van der Waals surface area contributed by atoms with Crippen LogP contribution in [0.15, 0.2) is 110 Å². The van der Waals surface area contributed by atoms with Crippen molar-refractivity contribution in [2.75, 3.05) is 24.1 Å². The van der Waals surface area contributed by atoms with Crippen molar-refractivity contribution in [1.82, 2.24) is 10.2 Å². The second kappa shape index (κ2) is 18.8. The zero-order valence-electron chi connectivity index (χ0n) is 30.4. The summed E-state index contributed by atoms with van der Waals surface area (Å²) in [4.78, 5) is 27.4. The van der Waals surface area contributed by atoms with E-state index >= 15 is 0 Å². The number of anilines is 2. The fraction of sp³-hybridized carbons (Fsp3) is 0.364. The summed E-state index contributed by atoms with van der Waals surface area (Å²) >= 11 is 0. The number of benzene rings is 4. The van der Waals surface area contributed by atoms with Crippen molar-refractivity contribution in [3.05, 3.63) is 132 Å². The number of rotatable bonds is 16. The summed E-state index contributed by atoms with van der Waals surface area (Å²) in [7, 11) is 0. The van der Waals surface area contributed by atoms with Gasteiger partial charge in [0.2, 0.25) is 11.8 Å². The Kier molecular flexibility index (Phi) is 13.5. The molecule has 2 aliphatic rings. The minimum absolute atomic E-state index is 0.00987. The Balaban J connectivity index is 1.06. The molecule has 1 saturated heterocycles. The quantitative estimate of drug-likeness (QED) is 0.0688. The average Bonchev–Trinajstić information content (AvgIpc) is 3.73. The van der Waals surface area contributed by atoms with Crippen LogP contribution in [0.4, 0.5) is 11.4 Å². The van der Waals surface area contributed by atoms with Gasteiger partial charge in [-0.15, -0.1) is 6.58 Å². The first-order valence-corrected chi connectivity index (χ1v) is 18.8. The minimum atomic E-state index is -0.524. The Morgan fingerprint density at radius 3 is 2.32 bits per heavy atom. The highest BCUT2D eigenvalue weighted by atomic mass is 16.7. The summed E-state index contributed by atoms with van der Waals surface area (Å²) in [5.74, 6) is -0.269. The van der Waals surface area contributed by atoms with Gasteiger partial charge in [0.1, 0.15) is 0 Å². The van der Waals surface area contributed by atoms with Crippen LogP contribution in [0.1, 0.15) is 86.0 Å². The molecule has 4 aromatic carbocycles. The number of nitrogens with one attached hydrogen (secondary N) is 2. The third-order valence-corrected chi connectivity index (χ3v) is 10.2. The van der Waals surface area contributed by atoms with E-state index in [1.807, 2.05) is 42.5 Å². The monoisotopic (exact) mass is 716 g/mol. The smallest absolute Gasteiger partial charge is 0.224 e. The van der Waals surface area contributed by atoms with E-state index in [1.165, 1.54) is 25.7 Å². The molecular weight excluding hydrogens is 665 g/mol. The van der Waals surface area contributed by atoms with Crippen LogP contribution in [-0.2, 0) is 32.2 Å². The van der Waals surface area contributed by atoms with Crippen LogP contribution in [0, 0.1) is 0 Å². The largest absolute Gasteiger partial charge is 0.397 e. The van der Waals surface area contributed by atoms with Gasteiger partial charge in [0.15, 0.2) is 6.29 Å². The molecule has 2 fully saturated rings. The SMILES string of the molecule is C=CCN(C[C@@H]1C[C@H](c2ccc(CO)cc2)O[C@H](c2ccc(-c3cccc(CNC(=O)CCCC(=O)Nc4ccccc4N)c3)cc2)O1)C1CCCC1. The molecule has 1 aliphatic carbocycles. The zero-order chi connectivity index (χ0) is 37.0. The first-order chi connectivity index (χ1) is 25.9. The molecule has 0 bridgehead atoms. The molecule has 53 heavy (non-hydrogen) atoms. The van der Waals surface area contributed by atoms with Gasteiger partial charge in [-0.05, 0) is 65.3 Å². The Hall–Kier alpha value is -4.80. The molecule has 0 aromatic heterocycles. The molecule has 278 valence electrons. The molecule has 1 heterocycles. The first kappa shape index (κ1) is 37.9. The van der Waals surface area contributed by atoms with Crippen molar-refractivity contribution in [1.29, 1.82) is 0 Å². The molecule has 9 nitrogen and oxygen atoms in total. The number of carbonyl (C=O) groups is 2. The van der Waals surface area contributed by atoms with Gasteiger partial charge in [-0.3, -0.25) is 14.5 Å². The van der Waals surface area contributed by atoms with Crippen LogP contribution in [0.25, 0.3) is 11.1 Å². The third-order valence-electron chi connectivity index (χ3n) is 10.2. The van der Waals surface area contributed by atoms with E-state index in [-0.39, 0.29) is 43.5 Å². The van der Waals surface area contributed by atoms with Crippen LogP contribution in [-0.4, -0.2) is 47.1 Å². The molecule has 4 aromatic rings. The van der Waals surface area contributed by atoms with Crippen molar-refractivity contribution < 1.29 is 24.2 Å². The summed E-state index contributed by atoms with van der Waals surface area (Å²) in [6.45, 7) is 6.10. The molecule has 0 unspecified atom stereocenters. The highest BCUT2D eigenvalue weighted by Gasteiger charge is 2.34. The van der Waals surface area contributed by atoms with Gasteiger partial charge < -0.3 is 30.9 Å². The predicted molar refractivity (Wildman–Crippen MR) is 210 cm³/mol. The Labute approximate surface area is 313 Å². The summed E-state index contributed by atoms with van der Waals surface area (Å²) in [5.41, 5.74) is 13.0. The van der Waals surface area contributed by atoms with Crippen molar-refractivity contribution in [3.63, 3.8) is 0 Å². The molecule has 3 atom stereocenters. The highest BCUT2D eigenvalue weighted by Crippen LogP contribution is 2.39. The van der Waals surface area contributed by atoms with E-state index in [2.05, 4.69) is 70.6 Å². The second-order valence-electron chi connectivity index (χ2n) is 14.1. The van der Waals surface area contributed by atoms with Crippen LogP contribution in [0.2, 0.25) is 0 Å². The van der Waals surface area contributed by atoms with E-state index in [1.54, 1.807) is 12.1 Å². The molecule has 1 saturated carbocycles. The third kappa shape index (κ3) is 10.6. The molecule has 9 heteroatoms. The predicted octanol–water partition coefficient (Wildman–Crippen LogP) is 7.83. The Morgan fingerprint density at radius 2 is 1.58 bits per heavy atom. The lowest BCUT2D eigenvalue weighted by atomic mass is 9.98. The number of hydrogen-bond acceptors (Lipinski definition) is 7. The molecule has 2 amide bonds. The van der Waals surface area contributed by atoms with E-state index in [0.717, 1.165) is 52.9 Å². The summed E-state index contributed by atoms with van der Waals surface area (Å²) in [6.07, 6.45) is 7.96. The van der Waals surface area contributed by atoms with Gasteiger partial charge in [-0.25, -0.2) is 0 Å². The standard InChI is InChI=1S/C44H52N4O5/c1-2-25-48(37-11-3-4-12-37)29-38-27-41(34-19-17-31(30-49)18-20-34)53-44(52-38)35-23-21-33(22-24-35)36-10-7-9-32(26-36)28-46-42(50)15-8-16-43(51)47-40-14-6-5-13-39(40)45/h2,5-7,9-10,13-14,17-24,26,37-38,41,44,49H,1,3-4,8,11-12,15-16,25,27-30,45H2,(H,46,50)(H,47,51)/t38-,41+,44+/m0/s1. The molecule has 5 N–H and O–H groups in total. The lowest BCUT2D eigenvalue weighted by Crippen LogP contribution is -2.43. The van der Waals surface area contributed by atoms with Crippen molar-refractivity contribution in [2.45, 2.75) is 89.1 Å². The lowest BCUT2D eigenvalue weighted by Gasteiger charge is -2.39. The van der Waals surface area contributed by atoms with E-state index in [4.69, 9.17) is 15.2 Å². The number of amides is 2. The van der Waals surface area contributed by atoms with Gasteiger partial charge in [-0.1, -0.05) is 97.8 Å². The second-order valence-corrected chi connectivity index (χ2v) is 14.1. The fourth-order valence-electron chi connectivity index (χ4n) is 7.32. The number of nitrogen functional groups attached to an aromatic ring is 1. The summed E-state index contributed by atoms with van der Waals surface area (Å²) in [5, 5.41) is 15.4. The Morgan fingerprint density at radius 1 is 0.849 bits per heavy atom.